The molecule has 1 aliphatic heterocycles. The van der Waals surface area contributed by atoms with Gasteiger partial charge in [-0.05, 0) is 69.4 Å². The van der Waals surface area contributed by atoms with E-state index >= 15 is 0 Å². The Kier molecular flexibility index (Phi) is 6.47. The number of nitrogens with two attached hydrogens (primary N) is 1. The second-order valence-corrected chi connectivity index (χ2v) is 9.96. The minimum absolute atomic E-state index is 0.410. The monoisotopic (exact) mass is 550 g/mol. The third-order valence-corrected chi connectivity index (χ3v) is 7.62. The summed E-state index contributed by atoms with van der Waals surface area (Å²) in [5, 5.41) is 7.95. The van der Waals surface area contributed by atoms with Gasteiger partial charge in [0.2, 0.25) is 5.95 Å². The number of nitrogens with zero attached hydrogens (tertiary/aromatic N) is 2. The van der Waals surface area contributed by atoms with E-state index in [4.69, 9.17) is 10.7 Å². The van der Waals surface area contributed by atoms with Gasteiger partial charge in [-0.25, -0.2) is 4.98 Å². The second kappa shape index (κ2) is 10.2. The van der Waals surface area contributed by atoms with Gasteiger partial charge in [-0.3, -0.25) is 0 Å². The lowest BCUT2D eigenvalue weighted by Gasteiger charge is -2.14. The minimum Gasteiger partial charge on any atom is -0.383 e. The second-order valence-electron chi connectivity index (χ2n) is 9.16. The number of halogens is 1. The third-order valence-electron chi connectivity index (χ3n) is 6.75. The molecule has 0 spiro atoms. The van der Waals surface area contributed by atoms with Gasteiger partial charge in [0.25, 0.3) is 0 Å². The predicted octanol–water partition coefficient (Wildman–Crippen LogP) is 6.68. The molecule has 7 heteroatoms. The van der Waals surface area contributed by atoms with Crippen molar-refractivity contribution in [2.24, 2.45) is 0 Å². The van der Waals surface area contributed by atoms with Crippen LogP contribution < -0.4 is 16.4 Å². The fraction of sp³-hybridized carbons (Fsp3) is 0.133. The molecule has 0 saturated heterocycles. The summed E-state index contributed by atoms with van der Waals surface area (Å²) in [5.41, 5.74) is 15.3. The van der Waals surface area contributed by atoms with Crippen molar-refractivity contribution < 1.29 is 0 Å². The molecule has 2 aromatic heterocycles. The number of aromatic nitrogens is 3. The van der Waals surface area contributed by atoms with E-state index in [2.05, 4.69) is 109 Å². The van der Waals surface area contributed by atoms with Crippen LogP contribution in [0.5, 0.6) is 0 Å². The van der Waals surface area contributed by atoms with Crippen molar-refractivity contribution in [3.05, 3.63) is 106 Å². The first kappa shape index (κ1) is 23.5. The SMILES string of the molecule is Nc1nc(Nc2ccc3[nH]cc(C4=CCNCC4)c3c2)nc(Cc2ccccc2-c2ccccc2)c1Br. The zero-order valence-electron chi connectivity index (χ0n) is 20.3. The van der Waals surface area contributed by atoms with Crippen molar-refractivity contribution in [1.82, 2.24) is 20.3 Å². The molecule has 0 unspecified atom stereocenters. The molecule has 0 radical (unpaired) electrons. The molecule has 5 N–H and O–H groups in total. The Bertz CT molecular complexity index is 1610. The maximum Gasteiger partial charge on any atom is 0.229 e. The molecule has 0 fully saturated rings. The van der Waals surface area contributed by atoms with E-state index in [0.29, 0.717) is 18.2 Å². The molecule has 5 aromatic rings. The minimum atomic E-state index is 0.410. The molecule has 0 aliphatic carbocycles. The number of benzene rings is 3. The van der Waals surface area contributed by atoms with Crippen LogP contribution in [-0.2, 0) is 6.42 Å². The number of nitrogens with one attached hydrogen (secondary N) is 3. The van der Waals surface area contributed by atoms with Gasteiger partial charge >= 0.3 is 0 Å². The number of fused-ring (bicyclic) bond motifs is 1. The van der Waals surface area contributed by atoms with E-state index in [1.807, 2.05) is 12.1 Å². The highest BCUT2D eigenvalue weighted by Crippen LogP contribution is 2.32. The average molecular weight is 551 g/mol. The third kappa shape index (κ3) is 4.88. The van der Waals surface area contributed by atoms with E-state index < -0.39 is 0 Å². The molecule has 6 nitrogen and oxygen atoms in total. The zero-order chi connectivity index (χ0) is 25.2. The average Bonchev–Trinajstić information content (AvgIpc) is 3.36. The largest absolute Gasteiger partial charge is 0.383 e. The van der Waals surface area contributed by atoms with Crippen LogP contribution in [0.25, 0.3) is 27.6 Å². The van der Waals surface area contributed by atoms with Gasteiger partial charge in [-0.15, -0.1) is 0 Å². The summed E-state index contributed by atoms with van der Waals surface area (Å²) in [6.45, 7) is 1.90. The summed E-state index contributed by atoms with van der Waals surface area (Å²) >= 11 is 3.63. The van der Waals surface area contributed by atoms with Gasteiger partial charge in [-0.1, -0.05) is 60.7 Å². The Morgan fingerprint density at radius 1 is 0.946 bits per heavy atom. The van der Waals surface area contributed by atoms with Crippen LogP contribution in [0.3, 0.4) is 0 Å². The van der Waals surface area contributed by atoms with Crippen molar-refractivity contribution in [2.45, 2.75) is 12.8 Å². The van der Waals surface area contributed by atoms with E-state index in [1.54, 1.807) is 0 Å². The first-order valence-corrected chi connectivity index (χ1v) is 13.2. The molecule has 0 amide bonds. The highest BCUT2D eigenvalue weighted by atomic mass is 79.9. The first-order chi connectivity index (χ1) is 18.2. The van der Waals surface area contributed by atoms with Crippen molar-refractivity contribution in [1.29, 1.82) is 0 Å². The number of anilines is 3. The maximum absolute atomic E-state index is 6.32. The highest BCUT2D eigenvalue weighted by Gasteiger charge is 2.15. The number of nitrogen functional groups attached to an aromatic ring is 1. The molecule has 3 aromatic carbocycles. The molecule has 0 saturated carbocycles. The molecular weight excluding hydrogens is 524 g/mol. The molecule has 6 rings (SSSR count). The lowest BCUT2D eigenvalue weighted by molar-refractivity contribution is 0.739. The van der Waals surface area contributed by atoms with Crippen molar-refractivity contribution in [3.63, 3.8) is 0 Å². The Hall–Kier alpha value is -3.94. The van der Waals surface area contributed by atoms with Gasteiger partial charge in [0.1, 0.15) is 5.82 Å². The maximum atomic E-state index is 6.32. The van der Waals surface area contributed by atoms with E-state index in [9.17, 15) is 0 Å². The molecule has 184 valence electrons. The molecule has 0 bridgehead atoms. The summed E-state index contributed by atoms with van der Waals surface area (Å²) in [6, 6.07) is 25.1. The number of rotatable bonds is 6. The Balaban J connectivity index is 1.32. The van der Waals surface area contributed by atoms with Gasteiger partial charge < -0.3 is 21.4 Å². The fourth-order valence-electron chi connectivity index (χ4n) is 4.90. The predicted molar refractivity (Wildman–Crippen MR) is 156 cm³/mol. The highest BCUT2D eigenvalue weighted by molar-refractivity contribution is 9.10. The number of hydrogen-bond acceptors (Lipinski definition) is 5. The summed E-state index contributed by atoms with van der Waals surface area (Å²) in [5.74, 6) is 0.887. The van der Waals surface area contributed by atoms with Crippen LogP contribution >= 0.6 is 15.9 Å². The smallest absolute Gasteiger partial charge is 0.229 e. The first-order valence-electron chi connectivity index (χ1n) is 12.4. The van der Waals surface area contributed by atoms with Crippen LogP contribution in [0.4, 0.5) is 17.5 Å². The lowest BCUT2D eigenvalue weighted by Crippen LogP contribution is -2.19. The van der Waals surface area contributed by atoms with E-state index in [0.717, 1.165) is 40.9 Å². The van der Waals surface area contributed by atoms with Crippen LogP contribution in [0.2, 0.25) is 0 Å². The molecule has 1 aliphatic rings. The Labute approximate surface area is 224 Å². The fourth-order valence-corrected chi connectivity index (χ4v) is 5.22. The quantitative estimate of drug-likeness (QED) is 0.189. The topological polar surface area (TPSA) is 91.6 Å². The number of hydrogen-bond donors (Lipinski definition) is 4. The van der Waals surface area contributed by atoms with Gasteiger partial charge in [0.15, 0.2) is 0 Å². The summed E-state index contributed by atoms with van der Waals surface area (Å²) in [4.78, 5) is 12.8. The molecule has 3 heterocycles. The molecule has 37 heavy (non-hydrogen) atoms. The van der Waals surface area contributed by atoms with Crippen molar-refractivity contribution >= 4 is 49.9 Å². The van der Waals surface area contributed by atoms with E-state index in [1.165, 1.54) is 33.2 Å². The van der Waals surface area contributed by atoms with Gasteiger partial charge in [0, 0.05) is 41.3 Å². The van der Waals surface area contributed by atoms with Crippen LogP contribution in [0.15, 0.2) is 89.5 Å². The Morgan fingerprint density at radius 3 is 2.62 bits per heavy atom. The molecular formula is C30H27BrN6. The summed E-state index contributed by atoms with van der Waals surface area (Å²) in [7, 11) is 0. The number of aromatic amines is 1. The van der Waals surface area contributed by atoms with E-state index in [-0.39, 0.29) is 0 Å². The van der Waals surface area contributed by atoms with Crippen LogP contribution in [0, 0.1) is 0 Å². The Morgan fingerprint density at radius 2 is 1.78 bits per heavy atom. The van der Waals surface area contributed by atoms with Gasteiger partial charge in [0.05, 0.1) is 10.2 Å². The summed E-state index contributed by atoms with van der Waals surface area (Å²) in [6.07, 6.45) is 6.01. The van der Waals surface area contributed by atoms with Crippen molar-refractivity contribution in [3.8, 4) is 11.1 Å². The zero-order valence-corrected chi connectivity index (χ0v) is 21.8. The standard InChI is InChI=1S/C30H27BrN6/c31-28-27(16-21-8-4-5-9-23(21)19-6-2-1-3-7-19)36-30(37-29(28)32)35-22-10-11-26-24(17-22)25(18-34-26)20-12-14-33-15-13-20/h1-12,17-18,33-34H,13-16H2,(H3,32,35,36,37). The number of H-pyrrole nitrogens is 1. The van der Waals surface area contributed by atoms with Crippen LogP contribution in [0.1, 0.15) is 23.2 Å². The van der Waals surface area contributed by atoms with Crippen LogP contribution in [-0.4, -0.2) is 28.0 Å². The molecule has 0 atom stereocenters. The van der Waals surface area contributed by atoms with Gasteiger partial charge in [-0.2, -0.15) is 4.98 Å². The normalized spacial score (nSPS) is 13.5. The lowest BCUT2D eigenvalue weighted by atomic mass is 9.96. The summed E-state index contributed by atoms with van der Waals surface area (Å²) < 4.78 is 0.724. The van der Waals surface area contributed by atoms with Crippen molar-refractivity contribution in [2.75, 3.05) is 24.1 Å².